The van der Waals surface area contributed by atoms with E-state index in [0.29, 0.717) is 12.6 Å². The standard InChI is InChI=1S/C19H21N5OS/c1-21-9-14(8-20-21)10-22-12-17-18(13-22)24(11-15-4-3-7-26-15)19(25)16-5-2-6-23(16)17/h2-9,17-18H,10-13H2,1H3/t17-,18+/m1/s1. The van der Waals surface area contributed by atoms with Crippen LogP contribution in [0.25, 0.3) is 0 Å². The highest BCUT2D eigenvalue weighted by Crippen LogP contribution is 2.35. The van der Waals surface area contributed by atoms with Gasteiger partial charge in [0.2, 0.25) is 0 Å². The summed E-state index contributed by atoms with van der Waals surface area (Å²) in [6.07, 6.45) is 6.05. The van der Waals surface area contributed by atoms with E-state index < -0.39 is 0 Å². The van der Waals surface area contributed by atoms with Gasteiger partial charge >= 0.3 is 0 Å². The third-order valence-electron chi connectivity index (χ3n) is 5.42. The lowest BCUT2D eigenvalue weighted by molar-refractivity contribution is 0.0559. The van der Waals surface area contributed by atoms with Gasteiger partial charge in [-0.05, 0) is 23.6 Å². The first-order chi connectivity index (χ1) is 12.7. The molecule has 1 amide bonds. The van der Waals surface area contributed by atoms with Gasteiger partial charge in [-0.3, -0.25) is 14.4 Å². The molecule has 134 valence electrons. The smallest absolute Gasteiger partial charge is 0.271 e. The van der Waals surface area contributed by atoms with E-state index in [1.165, 1.54) is 10.4 Å². The van der Waals surface area contributed by atoms with Crippen LogP contribution in [0.2, 0.25) is 0 Å². The van der Waals surface area contributed by atoms with E-state index in [-0.39, 0.29) is 11.9 Å². The topological polar surface area (TPSA) is 46.3 Å². The molecule has 2 aliphatic rings. The normalized spacial score (nSPS) is 22.7. The summed E-state index contributed by atoms with van der Waals surface area (Å²) < 4.78 is 4.02. The molecule has 3 aromatic rings. The van der Waals surface area contributed by atoms with E-state index in [4.69, 9.17) is 0 Å². The molecular formula is C19H21N5OS. The van der Waals surface area contributed by atoms with Crippen molar-refractivity contribution in [2.45, 2.75) is 25.2 Å². The maximum Gasteiger partial charge on any atom is 0.271 e. The van der Waals surface area contributed by atoms with Crippen LogP contribution in [0.15, 0.2) is 48.2 Å². The lowest BCUT2D eigenvalue weighted by atomic mass is 10.1. The predicted molar refractivity (Wildman–Crippen MR) is 99.9 cm³/mol. The summed E-state index contributed by atoms with van der Waals surface area (Å²) in [6, 6.07) is 8.63. The molecule has 5 heterocycles. The van der Waals surface area contributed by atoms with Crippen molar-refractivity contribution >= 4 is 17.2 Å². The van der Waals surface area contributed by atoms with Crippen LogP contribution in [0.3, 0.4) is 0 Å². The van der Waals surface area contributed by atoms with E-state index in [1.54, 1.807) is 11.3 Å². The van der Waals surface area contributed by atoms with Crippen LogP contribution >= 0.6 is 11.3 Å². The summed E-state index contributed by atoms with van der Waals surface area (Å²) in [7, 11) is 1.95. The summed E-state index contributed by atoms with van der Waals surface area (Å²) in [5, 5.41) is 6.35. The van der Waals surface area contributed by atoms with E-state index in [0.717, 1.165) is 25.3 Å². The number of aromatic nitrogens is 3. The van der Waals surface area contributed by atoms with Gasteiger partial charge in [0.15, 0.2) is 0 Å². The van der Waals surface area contributed by atoms with Gasteiger partial charge in [-0.15, -0.1) is 11.3 Å². The second-order valence-corrected chi connectivity index (χ2v) is 8.20. The van der Waals surface area contributed by atoms with Crippen molar-refractivity contribution in [1.29, 1.82) is 0 Å². The number of hydrogen-bond acceptors (Lipinski definition) is 4. The van der Waals surface area contributed by atoms with Crippen LogP contribution in [0.4, 0.5) is 0 Å². The van der Waals surface area contributed by atoms with Crippen LogP contribution < -0.4 is 0 Å². The summed E-state index contributed by atoms with van der Waals surface area (Å²) in [5.74, 6) is 0.146. The van der Waals surface area contributed by atoms with Crippen molar-refractivity contribution < 1.29 is 4.79 Å². The Hall–Kier alpha value is -2.38. The van der Waals surface area contributed by atoms with Gasteiger partial charge < -0.3 is 9.47 Å². The summed E-state index contributed by atoms with van der Waals surface area (Å²) >= 11 is 1.72. The molecule has 0 aliphatic carbocycles. The molecule has 0 radical (unpaired) electrons. The monoisotopic (exact) mass is 367 g/mol. The highest BCUT2D eigenvalue weighted by atomic mass is 32.1. The molecule has 0 aromatic carbocycles. The highest BCUT2D eigenvalue weighted by Gasteiger charge is 2.44. The number of likely N-dealkylation sites (tertiary alicyclic amines) is 1. The zero-order valence-corrected chi connectivity index (χ0v) is 15.5. The lowest BCUT2D eigenvalue weighted by Gasteiger charge is -2.38. The molecule has 3 aromatic heterocycles. The molecule has 0 spiro atoms. The fraction of sp³-hybridized carbons (Fsp3) is 0.368. The molecule has 5 rings (SSSR count). The van der Waals surface area contributed by atoms with Gasteiger partial charge in [0.25, 0.3) is 5.91 Å². The quantitative estimate of drug-likeness (QED) is 0.711. The molecule has 7 heteroatoms. The Morgan fingerprint density at radius 1 is 1.19 bits per heavy atom. The first-order valence-corrected chi connectivity index (χ1v) is 9.77. The number of fused-ring (bicyclic) bond motifs is 3. The van der Waals surface area contributed by atoms with Crippen LogP contribution in [-0.4, -0.2) is 49.2 Å². The zero-order valence-electron chi connectivity index (χ0n) is 14.7. The van der Waals surface area contributed by atoms with E-state index >= 15 is 0 Å². The van der Waals surface area contributed by atoms with Gasteiger partial charge in [-0.2, -0.15) is 5.10 Å². The van der Waals surface area contributed by atoms with Crippen molar-refractivity contribution in [3.8, 4) is 0 Å². The molecular weight excluding hydrogens is 346 g/mol. The van der Waals surface area contributed by atoms with E-state index in [9.17, 15) is 4.79 Å². The number of hydrogen-bond donors (Lipinski definition) is 0. The van der Waals surface area contributed by atoms with Crippen LogP contribution in [0.1, 0.15) is 27.0 Å². The molecule has 0 unspecified atom stereocenters. The number of carbonyl (C=O) groups excluding carboxylic acids is 1. The molecule has 0 N–H and O–H groups in total. The molecule has 1 fully saturated rings. The Morgan fingerprint density at radius 2 is 2.08 bits per heavy atom. The molecule has 0 saturated carbocycles. The first-order valence-electron chi connectivity index (χ1n) is 8.89. The SMILES string of the molecule is Cn1cc(CN2C[C@@H]3[C@H](C2)N(Cc2cccs2)C(=O)c2cccn23)cn1. The lowest BCUT2D eigenvalue weighted by Crippen LogP contribution is -2.49. The fourth-order valence-electron chi connectivity index (χ4n) is 4.29. The second kappa shape index (κ2) is 6.10. The first kappa shape index (κ1) is 15.8. The number of amides is 1. The number of carbonyl (C=O) groups is 1. The molecule has 2 aliphatic heterocycles. The number of rotatable bonds is 4. The summed E-state index contributed by atoms with van der Waals surface area (Å²) in [4.78, 5) is 18.9. The van der Waals surface area contributed by atoms with E-state index in [1.807, 2.05) is 30.1 Å². The summed E-state index contributed by atoms with van der Waals surface area (Å²) in [5.41, 5.74) is 2.03. The third-order valence-corrected chi connectivity index (χ3v) is 6.28. The van der Waals surface area contributed by atoms with Gasteiger partial charge in [0.1, 0.15) is 5.69 Å². The maximum atomic E-state index is 13.1. The molecule has 2 atom stereocenters. The Balaban J connectivity index is 1.44. The minimum Gasteiger partial charge on any atom is -0.337 e. The maximum absolute atomic E-state index is 13.1. The second-order valence-electron chi connectivity index (χ2n) is 7.16. The van der Waals surface area contributed by atoms with Crippen LogP contribution in [-0.2, 0) is 20.1 Å². The van der Waals surface area contributed by atoms with Crippen LogP contribution in [0, 0.1) is 0 Å². The van der Waals surface area contributed by atoms with Crippen molar-refractivity contribution in [2.75, 3.05) is 13.1 Å². The van der Waals surface area contributed by atoms with Gasteiger partial charge in [0.05, 0.1) is 24.8 Å². The van der Waals surface area contributed by atoms with Crippen LogP contribution in [0.5, 0.6) is 0 Å². The minimum absolute atomic E-state index is 0.146. The Labute approximate surface area is 156 Å². The van der Waals surface area contributed by atoms with Gasteiger partial charge in [-0.1, -0.05) is 6.07 Å². The van der Waals surface area contributed by atoms with Crippen molar-refractivity contribution in [3.05, 3.63) is 64.4 Å². The third kappa shape index (κ3) is 2.59. The average Bonchev–Trinajstić information content (AvgIpc) is 3.39. The number of nitrogens with zero attached hydrogens (tertiary/aromatic N) is 5. The van der Waals surface area contributed by atoms with Crippen molar-refractivity contribution in [1.82, 2.24) is 24.1 Å². The number of aryl methyl sites for hydroxylation is 1. The average molecular weight is 367 g/mol. The van der Waals surface area contributed by atoms with Crippen molar-refractivity contribution in [2.24, 2.45) is 7.05 Å². The molecule has 1 saturated heterocycles. The van der Waals surface area contributed by atoms with E-state index in [2.05, 4.69) is 49.4 Å². The highest BCUT2D eigenvalue weighted by molar-refractivity contribution is 7.09. The number of thiophene rings is 1. The zero-order chi connectivity index (χ0) is 17.7. The fourth-order valence-corrected chi connectivity index (χ4v) is 4.99. The summed E-state index contributed by atoms with van der Waals surface area (Å²) in [6.45, 7) is 3.42. The largest absolute Gasteiger partial charge is 0.337 e. The van der Waals surface area contributed by atoms with Gasteiger partial charge in [0, 0.05) is 49.5 Å². The van der Waals surface area contributed by atoms with Crippen molar-refractivity contribution in [3.63, 3.8) is 0 Å². The minimum atomic E-state index is 0.146. The van der Waals surface area contributed by atoms with Gasteiger partial charge in [-0.25, -0.2) is 0 Å². The Kier molecular flexibility index (Phi) is 3.72. The molecule has 26 heavy (non-hydrogen) atoms. The Morgan fingerprint density at radius 3 is 2.85 bits per heavy atom. The Bertz CT molecular complexity index is 928. The molecule has 6 nitrogen and oxygen atoms in total. The molecule has 0 bridgehead atoms. The predicted octanol–water partition coefficient (Wildman–Crippen LogP) is 2.36.